The molecule has 0 aliphatic heterocycles. The Bertz CT molecular complexity index is 1170. The number of phenols is 1. The van der Waals surface area contributed by atoms with Gasteiger partial charge in [0.05, 0.1) is 0 Å². The molecular formula is C20H15ClN4O3. The second kappa shape index (κ2) is 7.21. The lowest BCUT2D eigenvalue weighted by molar-refractivity contribution is 0.215. The van der Waals surface area contributed by atoms with Crippen LogP contribution in [0.4, 0.5) is 10.5 Å². The topological polar surface area (TPSA) is 89.3 Å². The summed E-state index contributed by atoms with van der Waals surface area (Å²) in [6.45, 7) is 1.96. The molecule has 0 unspecified atom stereocenters. The molecule has 1 amide bonds. The fourth-order valence-corrected chi connectivity index (χ4v) is 2.78. The molecule has 0 aliphatic rings. The molecule has 0 saturated heterocycles. The van der Waals surface area contributed by atoms with Gasteiger partial charge in [-0.15, -0.1) is 15.0 Å². The second-order valence-electron chi connectivity index (χ2n) is 6.15. The summed E-state index contributed by atoms with van der Waals surface area (Å²) in [6.07, 6.45) is -0.659. The molecule has 0 atom stereocenters. The van der Waals surface area contributed by atoms with E-state index in [0.717, 1.165) is 5.56 Å². The smallest absolute Gasteiger partial charge is 0.417 e. The van der Waals surface area contributed by atoms with Gasteiger partial charge in [-0.3, -0.25) is 5.32 Å². The van der Waals surface area contributed by atoms with E-state index < -0.39 is 6.09 Å². The maximum Gasteiger partial charge on any atom is 0.417 e. The average Bonchev–Trinajstić information content (AvgIpc) is 3.06. The molecule has 1 heterocycles. The van der Waals surface area contributed by atoms with Crippen LogP contribution in [-0.2, 0) is 0 Å². The summed E-state index contributed by atoms with van der Waals surface area (Å²) < 4.78 is 5.22. The van der Waals surface area contributed by atoms with E-state index >= 15 is 0 Å². The van der Waals surface area contributed by atoms with Crippen LogP contribution in [0, 0.1) is 6.92 Å². The van der Waals surface area contributed by atoms with Gasteiger partial charge in [0.1, 0.15) is 28.2 Å². The molecule has 140 valence electrons. The zero-order valence-electron chi connectivity index (χ0n) is 14.8. The molecule has 0 radical (unpaired) electrons. The number of halogens is 1. The van der Waals surface area contributed by atoms with Crippen molar-refractivity contribution in [2.75, 3.05) is 5.32 Å². The third kappa shape index (κ3) is 3.74. The van der Waals surface area contributed by atoms with Crippen molar-refractivity contribution in [1.29, 1.82) is 0 Å². The number of phenolic OH excluding ortho intramolecular Hbond substituents is 1. The Balaban J connectivity index is 1.52. The van der Waals surface area contributed by atoms with Crippen molar-refractivity contribution in [3.05, 3.63) is 71.2 Å². The van der Waals surface area contributed by atoms with Gasteiger partial charge >= 0.3 is 6.09 Å². The van der Waals surface area contributed by atoms with Gasteiger partial charge in [-0.25, -0.2) is 4.79 Å². The number of aryl methyl sites for hydroxylation is 1. The van der Waals surface area contributed by atoms with Crippen molar-refractivity contribution in [1.82, 2.24) is 15.0 Å². The van der Waals surface area contributed by atoms with Crippen molar-refractivity contribution in [2.24, 2.45) is 0 Å². The molecule has 0 bridgehead atoms. The van der Waals surface area contributed by atoms with E-state index in [1.165, 1.54) is 10.9 Å². The van der Waals surface area contributed by atoms with Gasteiger partial charge in [0.15, 0.2) is 0 Å². The van der Waals surface area contributed by atoms with Crippen LogP contribution in [0.2, 0.25) is 5.02 Å². The Morgan fingerprint density at radius 1 is 1.04 bits per heavy atom. The van der Waals surface area contributed by atoms with E-state index in [1.54, 1.807) is 42.5 Å². The van der Waals surface area contributed by atoms with Gasteiger partial charge in [0, 0.05) is 16.8 Å². The molecule has 28 heavy (non-hydrogen) atoms. The lowest BCUT2D eigenvalue weighted by atomic mass is 10.2. The first-order valence-electron chi connectivity index (χ1n) is 8.39. The van der Waals surface area contributed by atoms with Crippen molar-refractivity contribution in [2.45, 2.75) is 6.92 Å². The SMILES string of the molecule is Cc1ccc(NC(=O)Oc2ccc(-n3nc4ccc(Cl)cc4n3)c(O)c2)cc1. The number of aromatic nitrogens is 3. The molecule has 8 heteroatoms. The molecule has 2 N–H and O–H groups in total. The largest absolute Gasteiger partial charge is 0.505 e. The van der Waals surface area contributed by atoms with Crippen molar-refractivity contribution >= 4 is 34.4 Å². The number of hydrogen-bond donors (Lipinski definition) is 2. The zero-order chi connectivity index (χ0) is 19.7. The van der Waals surface area contributed by atoms with Crippen molar-refractivity contribution in [3.8, 4) is 17.2 Å². The summed E-state index contributed by atoms with van der Waals surface area (Å²) in [6, 6.07) is 16.9. The number of carbonyl (C=O) groups is 1. The van der Waals surface area contributed by atoms with E-state index in [4.69, 9.17) is 16.3 Å². The van der Waals surface area contributed by atoms with Gasteiger partial charge < -0.3 is 9.84 Å². The normalized spacial score (nSPS) is 10.8. The van der Waals surface area contributed by atoms with Crippen LogP contribution in [0.3, 0.4) is 0 Å². The number of hydrogen-bond acceptors (Lipinski definition) is 5. The standard InChI is InChI=1S/C20H15ClN4O3/c1-12-2-5-14(6-3-12)22-20(27)28-15-7-9-18(19(26)11-15)25-23-16-8-4-13(21)10-17(16)24-25/h2-11,26H,1H3,(H,22,27). The lowest BCUT2D eigenvalue weighted by Crippen LogP contribution is -2.16. The number of ether oxygens (including phenoxy) is 1. The number of rotatable bonds is 3. The third-order valence-electron chi connectivity index (χ3n) is 4.01. The monoisotopic (exact) mass is 394 g/mol. The number of amides is 1. The molecule has 4 rings (SSSR count). The number of aromatic hydroxyl groups is 1. The van der Waals surface area contributed by atoms with Crippen LogP contribution >= 0.6 is 11.6 Å². The Morgan fingerprint density at radius 3 is 2.54 bits per heavy atom. The number of nitrogens with one attached hydrogen (secondary N) is 1. The minimum absolute atomic E-state index is 0.132. The number of nitrogens with zero attached hydrogens (tertiary/aromatic N) is 3. The van der Waals surface area contributed by atoms with Crippen molar-refractivity contribution < 1.29 is 14.6 Å². The van der Waals surface area contributed by atoms with E-state index in [-0.39, 0.29) is 11.5 Å². The van der Waals surface area contributed by atoms with Crippen LogP contribution in [0.25, 0.3) is 16.7 Å². The highest BCUT2D eigenvalue weighted by atomic mass is 35.5. The number of benzene rings is 3. The van der Waals surface area contributed by atoms with Gasteiger partial charge in [-0.2, -0.15) is 0 Å². The van der Waals surface area contributed by atoms with Crippen LogP contribution in [0.15, 0.2) is 60.7 Å². The van der Waals surface area contributed by atoms with E-state index in [1.807, 2.05) is 19.1 Å². The predicted octanol–water partition coefficient (Wildman–Crippen LogP) is 4.70. The summed E-state index contributed by atoms with van der Waals surface area (Å²) >= 11 is 5.96. The quantitative estimate of drug-likeness (QED) is 0.525. The zero-order valence-corrected chi connectivity index (χ0v) is 15.5. The Morgan fingerprint density at radius 2 is 1.79 bits per heavy atom. The summed E-state index contributed by atoms with van der Waals surface area (Å²) in [5, 5.41) is 22.1. The van der Waals surface area contributed by atoms with Crippen LogP contribution in [-0.4, -0.2) is 26.2 Å². The fraction of sp³-hybridized carbons (Fsp3) is 0.0500. The summed E-state index contributed by atoms with van der Waals surface area (Å²) in [4.78, 5) is 13.3. The highest BCUT2D eigenvalue weighted by Crippen LogP contribution is 2.27. The maximum atomic E-state index is 12.0. The summed E-state index contributed by atoms with van der Waals surface area (Å²) in [5.74, 6) is 0.0534. The van der Waals surface area contributed by atoms with Gasteiger partial charge in [-0.1, -0.05) is 29.3 Å². The molecule has 7 nitrogen and oxygen atoms in total. The first kappa shape index (κ1) is 17.8. The molecule has 0 aliphatic carbocycles. The van der Waals surface area contributed by atoms with Crippen LogP contribution in [0.1, 0.15) is 5.56 Å². The van der Waals surface area contributed by atoms with E-state index in [0.29, 0.717) is 27.4 Å². The Kier molecular flexibility index (Phi) is 4.58. The average molecular weight is 395 g/mol. The number of anilines is 1. The lowest BCUT2D eigenvalue weighted by Gasteiger charge is -2.09. The third-order valence-corrected chi connectivity index (χ3v) is 4.25. The summed E-state index contributed by atoms with van der Waals surface area (Å²) in [5.41, 5.74) is 3.29. The molecular weight excluding hydrogens is 380 g/mol. The molecule has 1 aromatic heterocycles. The Labute approximate surface area is 165 Å². The molecule has 3 aromatic carbocycles. The van der Waals surface area contributed by atoms with Crippen LogP contribution < -0.4 is 10.1 Å². The number of carbonyl (C=O) groups excluding carboxylic acids is 1. The van der Waals surface area contributed by atoms with Gasteiger partial charge in [0.2, 0.25) is 0 Å². The molecule has 4 aromatic rings. The Hall–Kier alpha value is -3.58. The highest BCUT2D eigenvalue weighted by molar-refractivity contribution is 6.31. The summed E-state index contributed by atoms with van der Waals surface area (Å²) in [7, 11) is 0. The number of fused-ring (bicyclic) bond motifs is 1. The minimum Gasteiger partial charge on any atom is -0.505 e. The van der Waals surface area contributed by atoms with E-state index in [9.17, 15) is 9.90 Å². The molecule has 0 fully saturated rings. The second-order valence-corrected chi connectivity index (χ2v) is 6.59. The predicted molar refractivity (Wildman–Crippen MR) is 106 cm³/mol. The van der Waals surface area contributed by atoms with E-state index in [2.05, 4.69) is 15.5 Å². The van der Waals surface area contributed by atoms with Crippen molar-refractivity contribution in [3.63, 3.8) is 0 Å². The fourth-order valence-electron chi connectivity index (χ4n) is 2.62. The first-order valence-corrected chi connectivity index (χ1v) is 8.77. The first-order chi connectivity index (χ1) is 13.5. The highest BCUT2D eigenvalue weighted by Gasteiger charge is 2.12. The van der Waals surface area contributed by atoms with Crippen LogP contribution in [0.5, 0.6) is 11.5 Å². The maximum absolute atomic E-state index is 12.0. The van der Waals surface area contributed by atoms with Gasteiger partial charge in [0.25, 0.3) is 0 Å². The molecule has 0 spiro atoms. The minimum atomic E-state index is -0.659. The molecule has 0 saturated carbocycles. The van der Waals surface area contributed by atoms with Gasteiger partial charge in [-0.05, 0) is 49.4 Å².